The Labute approximate surface area is 127 Å². The third-order valence-corrected chi connectivity index (χ3v) is 3.85. The first-order valence-electron chi connectivity index (χ1n) is 7.85. The Kier molecular flexibility index (Phi) is 5.35. The average molecular weight is 296 g/mol. The Hall–Kier alpha value is -0.980. The van der Waals surface area contributed by atoms with Gasteiger partial charge in [-0.1, -0.05) is 19.1 Å². The molecule has 1 fully saturated rings. The Balaban J connectivity index is 1.84. The molecule has 0 amide bonds. The SMILES string of the molecule is CC(C)COCCN1CCC(O)(c2cn(C(C)C)nn2)C1. The number of rotatable bonds is 7. The molecule has 2 rings (SSSR count). The lowest BCUT2D eigenvalue weighted by molar-refractivity contribution is 0.0348. The topological polar surface area (TPSA) is 63.4 Å². The summed E-state index contributed by atoms with van der Waals surface area (Å²) in [7, 11) is 0. The molecule has 1 N–H and O–H groups in total. The van der Waals surface area contributed by atoms with Crippen molar-refractivity contribution in [2.24, 2.45) is 5.92 Å². The van der Waals surface area contributed by atoms with Crippen LogP contribution in [0, 0.1) is 5.92 Å². The summed E-state index contributed by atoms with van der Waals surface area (Å²) in [5, 5.41) is 19.0. The molecule has 0 saturated carbocycles. The van der Waals surface area contributed by atoms with Gasteiger partial charge in [0.2, 0.25) is 0 Å². The summed E-state index contributed by atoms with van der Waals surface area (Å²) >= 11 is 0. The van der Waals surface area contributed by atoms with Gasteiger partial charge in [0.15, 0.2) is 0 Å². The Morgan fingerprint density at radius 2 is 2.14 bits per heavy atom. The minimum atomic E-state index is -0.870. The largest absolute Gasteiger partial charge is 0.382 e. The zero-order chi connectivity index (χ0) is 15.5. The van der Waals surface area contributed by atoms with Crippen molar-refractivity contribution >= 4 is 0 Å². The number of β-amino-alcohol motifs (C(OH)–C–C–N with tert-alkyl or cyclic N) is 1. The molecule has 120 valence electrons. The second-order valence-electron chi connectivity index (χ2n) is 6.70. The third-order valence-electron chi connectivity index (χ3n) is 3.85. The van der Waals surface area contributed by atoms with E-state index in [0.717, 1.165) is 19.7 Å². The van der Waals surface area contributed by atoms with E-state index < -0.39 is 5.60 Å². The van der Waals surface area contributed by atoms with Gasteiger partial charge in [-0.05, 0) is 26.2 Å². The van der Waals surface area contributed by atoms with Gasteiger partial charge in [0.25, 0.3) is 0 Å². The highest BCUT2D eigenvalue weighted by atomic mass is 16.5. The van der Waals surface area contributed by atoms with E-state index in [4.69, 9.17) is 4.74 Å². The second-order valence-corrected chi connectivity index (χ2v) is 6.70. The van der Waals surface area contributed by atoms with Crippen LogP contribution < -0.4 is 0 Å². The highest BCUT2D eigenvalue weighted by Gasteiger charge is 2.39. The van der Waals surface area contributed by atoms with Gasteiger partial charge in [0, 0.05) is 32.3 Å². The van der Waals surface area contributed by atoms with E-state index in [0.29, 0.717) is 31.2 Å². The van der Waals surface area contributed by atoms with Crippen molar-refractivity contribution in [1.29, 1.82) is 0 Å². The van der Waals surface area contributed by atoms with Crippen molar-refractivity contribution < 1.29 is 9.84 Å². The normalized spacial score (nSPS) is 23.6. The molecule has 0 spiro atoms. The number of hydrogen-bond acceptors (Lipinski definition) is 5. The molecule has 0 radical (unpaired) electrons. The summed E-state index contributed by atoms with van der Waals surface area (Å²) in [5.41, 5.74) is -0.188. The maximum absolute atomic E-state index is 10.8. The van der Waals surface area contributed by atoms with E-state index in [-0.39, 0.29) is 6.04 Å². The summed E-state index contributed by atoms with van der Waals surface area (Å²) in [6, 6.07) is 0.261. The molecule has 0 aromatic carbocycles. The Bertz CT molecular complexity index is 447. The first-order valence-corrected chi connectivity index (χ1v) is 7.85. The predicted molar refractivity (Wildman–Crippen MR) is 81.0 cm³/mol. The molecule has 6 nitrogen and oxygen atoms in total. The first kappa shape index (κ1) is 16.4. The van der Waals surface area contributed by atoms with Gasteiger partial charge < -0.3 is 9.84 Å². The summed E-state index contributed by atoms with van der Waals surface area (Å²) in [4.78, 5) is 2.23. The monoisotopic (exact) mass is 296 g/mol. The van der Waals surface area contributed by atoms with Gasteiger partial charge in [0.05, 0.1) is 12.8 Å². The molecule has 1 saturated heterocycles. The number of likely N-dealkylation sites (tertiary alicyclic amines) is 1. The van der Waals surface area contributed by atoms with Crippen LogP contribution in [0.5, 0.6) is 0 Å². The lowest BCUT2D eigenvalue weighted by Crippen LogP contribution is -2.33. The fraction of sp³-hybridized carbons (Fsp3) is 0.867. The van der Waals surface area contributed by atoms with Crippen LogP contribution in [0.1, 0.15) is 45.9 Å². The number of aliphatic hydroxyl groups is 1. The number of nitrogens with zero attached hydrogens (tertiary/aromatic N) is 4. The maximum atomic E-state index is 10.8. The Morgan fingerprint density at radius 1 is 1.38 bits per heavy atom. The minimum Gasteiger partial charge on any atom is -0.382 e. The second kappa shape index (κ2) is 6.85. The molecule has 2 heterocycles. The molecule has 21 heavy (non-hydrogen) atoms. The summed E-state index contributed by atoms with van der Waals surface area (Å²) in [5.74, 6) is 0.562. The molecule has 6 heteroatoms. The summed E-state index contributed by atoms with van der Waals surface area (Å²) < 4.78 is 7.40. The molecule has 1 aromatic heterocycles. The summed E-state index contributed by atoms with van der Waals surface area (Å²) in [6.45, 7) is 12.2. The van der Waals surface area contributed by atoms with Gasteiger partial charge in [-0.25, -0.2) is 4.68 Å². The quantitative estimate of drug-likeness (QED) is 0.771. The average Bonchev–Trinajstić information content (AvgIpc) is 3.02. The molecule has 1 aromatic rings. The van der Waals surface area contributed by atoms with E-state index in [1.165, 1.54) is 0 Å². The van der Waals surface area contributed by atoms with Gasteiger partial charge in [0.1, 0.15) is 11.3 Å². The highest BCUT2D eigenvalue weighted by molar-refractivity contribution is 5.11. The summed E-state index contributed by atoms with van der Waals surface area (Å²) in [6.07, 6.45) is 2.57. The number of aromatic nitrogens is 3. The number of ether oxygens (including phenoxy) is 1. The predicted octanol–water partition coefficient (Wildman–Crippen LogP) is 1.42. The van der Waals surface area contributed by atoms with Crippen LogP contribution in [0.25, 0.3) is 0 Å². The zero-order valence-electron chi connectivity index (χ0n) is 13.6. The maximum Gasteiger partial charge on any atom is 0.124 e. The number of hydrogen-bond donors (Lipinski definition) is 1. The molecule has 1 aliphatic rings. The smallest absolute Gasteiger partial charge is 0.124 e. The van der Waals surface area contributed by atoms with Crippen LogP contribution in [-0.2, 0) is 10.3 Å². The lowest BCUT2D eigenvalue weighted by atomic mass is 10.00. The van der Waals surface area contributed by atoms with Crippen LogP contribution in [0.3, 0.4) is 0 Å². The molecular weight excluding hydrogens is 268 g/mol. The van der Waals surface area contributed by atoms with Gasteiger partial charge >= 0.3 is 0 Å². The molecule has 1 aliphatic heterocycles. The van der Waals surface area contributed by atoms with Gasteiger partial charge in [-0.2, -0.15) is 0 Å². The van der Waals surface area contributed by atoms with Crippen LogP contribution in [-0.4, -0.2) is 57.8 Å². The van der Waals surface area contributed by atoms with Crippen molar-refractivity contribution in [2.45, 2.75) is 45.8 Å². The van der Waals surface area contributed by atoms with Crippen LogP contribution in [0.4, 0.5) is 0 Å². The fourth-order valence-corrected chi connectivity index (χ4v) is 2.53. The first-order chi connectivity index (χ1) is 9.90. The van der Waals surface area contributed by atoms with Crippen LogP contribution in [0.15, 0.2) is 6.20 Å². The van der Waals surface area contributed by atoms with E-state index in [9.17, 15) is 5.11 Å². The van der Waals surface area contributed by atoms with Crippen molar-refractivity contribution in [3.05, 3.63) is 11.9 Å². The molecule has 1 atom stereocenters. The minimum absolute atomic E-state index is 0.261. The van der Waals surface area contributed by atoms with Gasteiger partial charge in [-0.15, -0.1) is 5.10 Å². The standard InChI is InChI=1S/C15H28N4O2/c1-12(2)10-21-8-7-18-6-5-15(20,11-18)14-9-19(13(3)4)17-16-14/h9,12-13,20H,5-8,10-11H2,1-4H3. The third kappa shape index (κ3) is 4.25. The van der Waals surface area contributed by atoms with E-state index in [2.05, 4.69) is 42.9 Å². The molecule has 0 bridgehead atoms. The molecule has 1 unspecified atom stereocenters. The molecule has 0 aliphatic carbocycles. The van der Waals surface area contributed by atoms with E-state index in [1.54, 1.807) is 4.68 Å². The van der Waals surface area contributed by atoms with Crippen molar-refractivity contribution in [3.8, 4) is 0 Å². The van der Waals surface area contributed by atoms with Crippen LogP contribution >= 0.6 is 0 Å². The van der Waals surface area contributed by atoms with Crippen LogP contribution in [0.2, 0.25) is 0 Å². The highest BCUT2D eigenvalue weighted by Crippen LogP contribution is 2.30. The van der Waals surface area contributed by atoms with Crippen molar-refractivity contribution in [3.63, 3.8) is 0 Å². The van der Waals surface area contributed by atoms with Gasteiger partial charge in [-0.3, -0.25) is 4.90 Å². The van der Waals surface area contributed by atoms with E-state index in [1.807, 2.05) is 6.20 Å². The Morgan fingerprint density at radius 3 is 2.76 bits per heavy atom. The molecular formula is C15H28N4O2. The van der Waals surface area contributed by atoms with Crippen molar-refractivity contribution in [2.75, 3.05) is 32.8 Å². The zero-order valence-corrected chi connectivity index (χ0v) is 13.6. The lowest BCUT2D eigenvalue weighted by Gasteiger charge is -2.21. The fourth-order valence-electron chi connectivity index (χ4n) is 2.53. The van der Waals surface area contributed by atoms with E-state index >= 15 is 0 Å². The van der Waals surface area contributed by atoms with Crippen molar-refractivity contribution in [1.82, 2.24) is 19.9 Å².